The first kappa shape index (κ1) is 18.0. The van der Waals surface area contributed by atoms with E-state index in [9.17, 15) is 18.0 Å². The molecule has 4 atom stereocenters. The molecule has 2 aromatic rings. The van der Waals surface area contributed by atoms with Gasteiger partial charge in [-0.2, -0.15) is 0 Å². The summed E-state index contributed by atoms with van der Waals surface area (Å²) in [5, 5.41) is 0. The Hall–Kier alpha value is -3.07. The third kappa shape index (κ3) is 2.76. The molecule has 2 bridgehead atoms. The molecule has 2 fully saturated rings. The smallest absolute Gasteiger partial charge is 0.264 e. The molecule has 1 aromatic heterocycles. The normalized spacial score (nSPS) is 27.6. The molecule has 8 nitrogen and oxygen atoms in total. The van der Waals surface area contributed by atoms with Crippen molar-refractivity contribution >= 4 is 33.5 Å². The molecule has 9 heteroatoms. The predicted molar refractivity (Wildman–Crippen MR) is 104 cm³/mol. The number of benzene rings is 1. The molecule has 1 aliphatic heterocycles. The van der Waals surface area contributed by atoms with Gasteiger partial charge in [0.05, 0.1) is 22.4 Å². The van der Waals surface area contributed by atoms with E-state index in [0.717, 1.165) is 6.42 Å². The first-order valence-corrected chi connectivity index (χ1v) is 10.8. The van der Waals surface area contributed by atoms with Gasteiger partial charge in [-0.05, 0) is 55.5 Å². The van der Waals surface area contributed by atoms with Crippen LogP contribution in [0.3, 0.4) is 0 Å². The number of sulfonamides is 1. The monoisotopic (exact) mass is 410 g/mol. The van der Waals surface area contributed by atoms with Gasteiger partial charge in [0.15, 0.2) is 0 Å². The summed E-state index contributed by atoms with van der Waals surface area (Å²) in [6.45, 7) is 1.73. The Balaban J connectivity index is 1.39. The quantitative estimate of drug-likeness (QED) is 0.609. The van der Waals surface area contributed by atoms with E-state index in [2.05, 4.69) is 14.7 Å². The number of carbonyl (C=O) groups excluding carboxylic acids is 2. The van der Waals surface area contributed by atoms with Gasteiger partial charge >= 0.3 is 0 Å². The second-order valence-corrected chi connectivity index (χ2v) is 9.32. The molecule has 1 saturated heterocycles. The lowest BCUT2D eigenvalue weighted by atomic mass is 9.85. The summed E-state index contributed by atoms with van der Waals surface area (Å²) in [5.41, 5.74) is 1.02. The number of nitrogens with one attached hydrogen (secondary N) is 1. The van der Waals surface area contributed by atoms with E-state index in [1.807, 2.05) is 12.2 Å². The first-order chi connectivity index (χ1) is 13.8. The van der Waals surface area contributed by atoms with Gasteiger partial charge in [0, 0.05) is 11.9 Å². The van der Waals surface area contributed by atoms with Gasteiger partial charge in [-0.25, -0.2) is 23.1 Å². The summed E-state index contributed by atoms with van der Waals surface area (Å²) >= 11 is 0. The SMILES string of the molecule is Cc1ccnc(NS(=O)(=O)c2ccc(N3C(=O)[C@H]4[C@H](C3=O)[C@H]3C=C[C@H]4C3)cc2)n1. The van der Waals surface area contributed by atoms with Crippen molar-refractivity contribution < 1.29 is 18.0 Å². The van der Waals surface area contributed by atoms with E-state index in [0.29, 0.717) is 11.4 Å². The number of carbonyl (C=O) groups is 2. The second kappa shape index (κ2) is 6.21. The molecular formula is C20H18N4O4S. The number of nitrogens with zero attached hydrogens (tertiary/aromatic N) is 3. The Morgan fingerprint density at radius 1 is 1.00 bits per heavy atom. The number of amides is 2. The maximum Gasteiger partial charge on any atom is 0.264 e. The number of rotatable bonds is 4. The number of aryl methyl sites for hydroxylation is 1. The Kier molecular flexibility index (Phi) is 3.86. The van der Waals surface area contributed by atoms with Crippen LogP contribution in [0.5, 0.6) is 0 Å². The molecule has 2 heterocycles. The Bertz CT molecular complexity index is 1130. The Morgan fingerprint density at radius 2 is 1.62 bits per heavy atom. The van der Waals surface area contributed by atoms with Gasteiger partial charge in [0.25, 0.3) is 10.0 Å². The minimum Gasteiger partial charge on any atom is -0.274 e. The minimum absolute atomic E-state index is 0.00705. The average Bonchev–Trinajstić information content (AvgIpc) is 3.35. The van der Waals surface area contributed by atoms with E-state index in [1.165, 1.54) is 35.4 Å². The van der Waals surface area contributed by atoms with Gasteiger partial charge in [0.2, 0.25) is 17.8 Å². The highest BCUT2D eigenvalue weighted by Gasteiger charge is 2.59. The molecule has 1 saturated carbocycles. The molecule has 1 N–H and O–H groups in total. The van der Waals surface area contributed by atoms with Crippen LogP contribution < -0.4 is 9.62 Å². The summed E-state index contributed by atoms with van der Waals surface area (Å²) in [4.78, 5) is 34.9. The highest BCUT2D eigenvalue weighted by atomic mass is 32.2. The molecule has 0 radical (unpaired) electrons. The van der Waals surface area contributed by atoms with Gasteiger partial charge in [-0.3, -0.25) is 14.5 Å². The molecule has 29 heavy (non-hydrogen) atoms. The van der Waals surface area contributed by atoms with Gasteiger partial charge in [0.1, 0.15) is 0 Å². The van der Waals surface area contributed by atoms with Crippen LogP contribution in [-0.4, -0.2) is 30.2 Å². The number of hydrogen-bond acceptors (Lipinski definition) is 6. The van der Waals surface area contributed by atoms with Crippen molar-refractivity contribution in [3.05, 3.63) is 54.4 Å². The number of allylic oxidation sites excluding steroid dienone is 2. The van der Waals surface area contributed by atoms with Gasteiger partial charge in [-0.1, -0.05) is 12.2 Å². The number of imide groups is 1. The van der Waals surface area contributed by atoms with Crippen LogP contribution in [0.4, 0.5) is 11.6 Å². The van der Waals surface area contributed by atoms with Crippen LogP contribution in [0.1, 0.15) is 12.1 Å². The Labute approximate surface area is 167 Å². The van der Waals surface area contributed by atoms with Crippen LogP contribution in [-0.2, 0) is 19.6 Å². The maximum atomic E-state index is 12.9. The zero-order valence-electron chi connectivity index (χ0n) is 15.5. The average molecular weight is 410 g/mol. The van der Waals surface area contributed by atoms with Crippen LogP contribution >= 0.6 is 0 Å². The lowest BCUT2D eigenvalue weighted by Crippen LogP contribution is -2.32. The minimum atomic E-state index is -3.89. The summed E-state index contributed by atoms with van der Waals surface area (Å²) < 4.78 is 27.5. The van der Waals surface area contributed by atoms with Gasteiger partial charge < -0.3 is 0 Å². The third-order valence-corrected chi connectivity index (χ3v) is 7.24. The van der Waals surface area contributed by atoms with E-state index in [-0.39, 0.29) is 46.3 Å². The van der Waals surface area contributed by atoms with E-state index < -0.39 is 10.0 Å². The van der Waals surface area contributed by atoms with Crippen molar-refractivity contribution in [2.45, 2.75) is 18.2 Å². The van der Waals surface area contributed by atoms with Crippen LogP contribution in [0.25, 0.3) is 0 Å². The standard InChI is InChI=1S/C20H18N4O4S/c1-11-8-9-21-20(22-11)23-29(27,28)15-6-4-14(5-7-15)24-18(25)16-12-2-3-13(10-12)17(16)19(24)26/h2-9,12-13,16-17H,10H2,1H3,(H,21,22,23)/t12-,13-,16+,17+/m0/s1. The first-order valence-electron chi connectivity index (χ1n) is 9.34. The third-order valence-electron chi connectivity index (χ3n) is 5.90. The maximum absolute atomic E-state index is 12.9. The zero-order chi connectivity index (χ0) is 20.3. The Morgan fingerprint density at radius 3 is 2.21 bits per heavy atom. The van der Waals surface area contributed by atoms with E-state index >= 15 is 0 Å². The summed E-state index contributed by atoms with van der Waals surface area (Å²) in [6.07, 6.45) is 6.40. The second-order valence-electron chi connectivity index (χ2n) is 7.63. The van der Waals surface area contributed by atoms with E-state index in [1.54, 1.807) is 13.0 Å². The lowest BCUT2D eigenvalue weighted by Gasteiger charge is -2.17. The van der Waals surface area contributed by atoms with Crippen LogP contribution in [0.2, 0.25) is 0 Å². The zero-order valence-corrected chi connectivity index (χ0v) is 16.3. The molecule has 0 unspecified atom stereocenters. The number of fused-ring (bicyclic) bond motifs is 5. The fraction of sp³-hybridized carbons (Fsp3) is 0.300. The molecule has 148 valence electrons. The van der Waals surface area contributed by atoms with Crippen molar-refractivity contribution in [1.82, 2.24) is 9.97 Å². The number of anilines is 2. The number of aromatic nitrogens is 2. The fourth-order valence-corrected chi connectivity index (χ4v) is 5.56. The lowest BCUT2D eigenvalue weighted by molar-refractivity contribution is -0.123. The van der Waals surface area contributed by atoms with Crippen LogP contribution in [0, 0.1) is 30.6 Å². The highest BCUT2D eigenvalue weighted by Crippen LogP contribution is 2.53. The van der Waals surface area contributed by atoms with Crippen molar-refractivity contribution in [3.63, 3.8) is 0 Å². The predicted octanol–water partition coefficient (Wildman–Crippen LogP) is 1.90. The molecule has 1 aromatic carbocycles. The molecular weight excluding hydrogens is 392 g/mol. The van der Waals surface area contributed by atoms with Crippen molar-refractivity contribution in [2.24, 2.45) is 23.7 Å². The van der Waals surface area contributed by atoms with Crippen LogP contribution in [0.15, 0.2) is 53.6 Å². The summed E-state index contributed by atoms with van der Waals surface area (Å²) in [6, 6.07) is 7.37. The highest BCUT2D eigenvalue weighted by molar-refractivity contribution is 7.92. The fourth-order valence-electron chi connectivity index (χ4n) is 4.61. The molecule has 0 spiro atoms. The largest absolute Gasteiger partial charge is 0.274 e. The van der Waals surface area contributed by atoms with Crippen molar-refractivity contribution in [1.29, 1.82) is 0 Å². The van der Waals surface area contributed by atoms with Gasteiger partial charge in [-0.15, -0.1) is 0 Å². The van der Waals surface area contributed by atoms with Crippen molar-refractivity contribution in [2.75, 3.05) is 9.62 Å². The molecule has 3 aliphatic rings. The number of hydrogen-bond donors (Lipinski definition) is 1. The molecule has 2 aliphatic carbocycles. The summed E-state index contributed by atoms with van der Waals surface area (Å²) in [5.74, 6) is -0.733. The van der Waals surface area contributed by atoms with Crippen molar-refractivity contribution in [3.8, 4) is 0 Å². The topological polar surface area (TPSA) is 109 Å². The molecule has 5 rings (SSSR count). The summed E-state index contributed by atoms with van der Waals surface area (Å²) in [7, 11) is -3.89. The molecule has 2 amide bonds. The van der Waals surface area contributed by atoms with E-state index in [4.69, 9.17) is 0 Å².